The molecule has 0 saturated carbocycles. The summed E-state index contributed by atoms with van der Waals surface area (Å²) >= 11 is 6.05. The molecule has 0 radical (unpaired) electrons. The Hall–Kier alpha value is -3.11. The summed E-state index contributed by atoms with van der Waals surface area (Å²) in [6, 6.07) is 12.1. The van der Waals surface area contributed by atoms with Gasteiger partial charge < -0.3 is 15.0 Å². The number of aromatic nitrogens is 1. The van der Waals surface area contributed by atoms with E-state index in [1.54, 1.807) is 25.2 Å². The highest BCUT2D eigenvalue weighted by molar-refractivity contribution is 6.31. The van der Waals surface area contributed by atoms with Gasteiger partial charge in [-0.1, -0.05) is 29.8 Å². The van der Waals surface area contributed by atoms with Crippen molar-refractivity contribution in [2.45, 2.75) is 13.0 Å². The summed E-state index contributed by atoms with van der Waals surface area (Å²) in [5, 5.41) is 12.1. The second-order valence-corrected chi connectivity index (χ2v) is 6.13. The third-order valence-corrected chi connectivity index (χ3v) is 4.07. The molecule has 0 unspecified atom stereocenters. The van der Waals surface area contributed by atoms with E-state index in [4.69, 9.17) is 21.6 Å². The quantitative estimate of drug-likeness (QED) is 0.738. The zero-order chi connectivity index (χ0) is 19.6. The highest BCUT2D eigenvalue weighted by Gasteiger charge is 2.11. The van der Waals surface area contributed by atoms with Crippen LogP contribution in [-0.4, -0.2) is 42.1 Å². The number of rotatable bonds is 7. The molecule has 0 aliphatic carbocycles. The minimum atomic E-state index is -0.447. The summed E-state index contributed by atoms with van der Waals surface area (Å²) in [7, 11) is 1.61. The van der Waals surface area contributed by atoms with Crippen LogP contribution in [0, 0.1) is 11.3 Å². The summed E-state index contributed by atoms with van der Waals surface area (Å²) < 4.78 is 5.12. The molecule has 0 aliphatic rings. The number of ether oxygens (including phenoxy) is 1. The Kier molecular flexibility index (Phi) is 7.59. The number of esters is 1. The minimum Gasteiger partial charge on any atom is -0.464 e. The molecule has 2 rings (SSSR count). The van der Waals surface area contributed by atoms with Gasteiger partial charge in [0.15, 0.2) is 0 Å². The molecule has 7 nitrogen and oxygen atoms in total. The van der Waals surface area contributed by atoms with Crippen LogP contribution in [0.25, 0.3) is 0 Å². The maximum atomic E-state index is 12.0. The molecular weight excluding hydrogens is 368 g/mol. The molecule has 8 heteroatoms. The van der Waals surface area contributed by atoms with Crippen molar-refractivity contribution < 1.29 is 14.3 Å². The Morgan fingerprint density at radius 1 is 1.30 bits per heavy atom. The van der Waals surface area contributed by atoms with Gasteiger partial charge in [0.2, 0.25) is 0 Å². The van der Waals surface area contributed by atoms with Crippen LogP contribution in [-0.2, 0) is 22.5 Å². The van der Waals surface area contributed by atoms with Crippen molar-refractivity contribution >= 4 is 23.6 Å². The zero-order valence-electron chi connectivity index (χ0n) is 14.8. The number of hydrogen-bond donors (Lipinski definition) is 1. The summed E-state index contributed by atoms with van der Waals surface area (Å²) in [5.74, 6) is -0.447. The maximum Gasteiger partial charge on any atom is 0.317 e. The predicted octanol–water partition coefficient (Wildman–Crippen LogP) is 2.53. The summed E-state index contributed by atoms with van der Waals surface area (Å²) in [6.45, 7) is 0.638. The number of benzene rings is 1. The molecule has 1 N–H and O–H groups in total. The lowest BCUT2D eigenvalue weighted by atomic mass is 10.2. The number of likely N-dealkylation sites (N-methyl/N-ethyl adjacent to an activating group) is 1. The number of nitrogens with one attached hydrogen (secondary N) is 1. The highest BCUT2D eigenvalue weighted by atomic mass is 35.5. The Labute approximate surface area is 162 Å². The molecule has 1 heterocycles. The van der Waals surface area contributed by atoms with E-state index >= 15 is 0 Å². The molecule has 0 spiro atoms. The number of carbonyl (C=O) groups is 2. The lowest BCUT2D eigenvalue weighted by Gasteiger charge is -2.18. The van der Waals surface area contributed by atoms with Crippen LogP contribution >= 0.6 is 11.6 Å². The van der Waals surface area contributed by atoms with Gasteiger partial charge in [-0.2, -0.15) is 5.26 Å². The molecule has 140 valence electrons. The average molecular weight is 387 g/mol. The average Bonchev–Trinajstić information content (AvgIpc) is 2.67. The van der Waals surface area contributed by atoms with Gasteiger partial charge in [-0.05, 0) is 23.8 Å². The van der Waals surface area contributed by atoms with Crippen molar-refractivity contribution in [2.24, 2.45) is 0 Å². The largest absolute Gasteiger partial charge is 0.464 e. The van der Waals surface area contributed by atoms with Crippen molar-refractivity contribution in [1.82, 2.24) is 15.2 Å². The summed E-state index contributed by atoms with van der Waals surface area (Å²) in [6.07, 6.45) is 1.41. The lowest BCUT2D eigenvalue weighted by Crippen LogP contribution is -2.39. The van der Waals surface area contributed by atoms with E-state index in [9.17, 15) is 9.59 Å². The van der Waals surface area contributed by atoms with Crippen molar-refractivity contribution in [3.05, 3.63) is 64.4 Å². The van der Waals surface area contributed by atoms with Crippen LogP contribution in [0.1, 0.15) is 16.8 Å². The summed E-state index contributed by atoms with van der Waals surface area (Å²) in [4.78, 5) is 29.3. The number of pyridine rings is 1. The van der Waals surface area contributed by atoms with Crippen molar-refractivity contribution in [3.8, 4) is 6.07 Å². The van der Waals surface area contributed by atoms with Crippen molar-refractivity contribution in [2.75, 3.05) is 20.2 Å². The fourth-order valence-corrected chi connectivity index (χ4v) is 2.34. The smallest absolute Gasteiger partial charge is 0.317 e. The number of amides is 2. The monoisotopic (exact) mass is 386 g/mol. The van der Waals surface area contributed by atoms with E-state index in [-0.39, 0.29) is 25.6 Å². The van der Waals surface area contributed by atoms with Crippen LogP contribution in [0.2, 0.25) is 5.02 Å². The maximum absolute atomic E-state index is 12.0. The number of nitriles is 1. The molecule has 27 heavy (non-hydrogen) atoms. The van der Waals surface area contributed by atoms with Crippen LogP contribution in [0.4, 0.5) is 4.79 Å². The number of carbonyl (C=O) groups excluding carboxylic acids is 2. The van der Waals surface area contributed by atoms with Crippen molar-refractivity contribution in [1.29, 1.82) is 5.26 Å². The number of urea groups is 1. The minimum absolute atomic E-state index is 0.00806. The predicted molar refractivity (Wildman–Crippen MR) is 99.9 cm³/mol. The Balaban J connectivity index is 1.69. The van der Waals surface area contributed by atoms with Gasteiger partial charge in [0.05, 0.1) is 24.2 Å². The van der Waals surface area contributed by atoms with Crippen LogP contribution in [0.5, 0.6) is 0 Å². The molecular formula is C19H19ClN4O3. The molecule has 0 atom stereocenters. The van der Waals surface area contributed by atoms with Crippen molar-refractivity contribution in [3.63, 3.8) is 0 Å². The second-order valence-electron chi connectivity index (χ2n) is 5.72. The van der Waals surface area contributed by atoms with Gasteiger partial charge in [-0.15, -0.1) is 0 Å². The summed E-state index contributed by atoms with van der Waals surface area (Å²) in [5.41, 5.74) is 1.77. The van der Waals surface area contributed by atoms with Gasteiger partial charge in [-0.25, -0.2) is 4.79 Å². The van der Waals surface area contributed by atoms with Gasteiger partial charge in [0.25, 0.3) is 0 Å². The first kappa shape index (κ1) is 20.2. The third-order valence-electron chi connectivity index (χ3n) is 3.70. The van der Waals surface area contributed by atoms with E-state index in [2.05, 4.69) is 10.3 Å². The second kappa shape index (κ2) is 10.1. The lowest BCUT2D eigenvalue weighted by molar-refractivity contribution is -0.143. The van der Waals surface area contributed by atoms with E-state index in [1.165, 1.54) is 11.1 Å². The molecule has 0 fully saturated rings. The first-order chi connectivity index (χ1) is 13.0. The molecule has 0 saturated heterocycles. The number of hydrogen-bond acceptors (Lipinski definition) is 5. The topological polar surface area (TPSA) is 95.3 Å². The first-order valence-corrected chi connectivity index (χ1v) is 8.60. The van der Waals surface area contributed by atoms with Gasteiger partial charge in [0.1, 0.15) is 12.7 Å². The Bertz CT molecular complexity index is 834. The van der Waals surface area contributed by atoms with Gasteiger partial charge in [0, 0.05) is 24.8 Å². The highest BCUT2D eigenvalue weighted by Crippen LogP contribution is 2.14. The normalized spacial score (nSPS) is 9.96. The van der Waals surface area contributed by atoms with E-state index in [1.807, 2.05) is 24.3 Å². The Morgan fingerprint density at radius 3 is 2.74 bits per heavy atom. The van der Waals surface area contributed by atoms with Crippen LogP contribution in [0.3, 0.4) is 0 Å². The van der Waals surface area contributed by atoms with E-state index < -0.39 is 5.97 Å². The number of halogens is 1. The molecule has 1 aromatic carbocycles. The van der Waals surface area contributed by atoms with Gasteiger partial charge in [-0.3, -0.25) is 9.78 Å². The van der Waals surface area contributed by atoms with E-state index in [0.29, 0.717) is 22.8 Å². The number of nitrogens with zero attached hydrogens (tertiary/aromatic N) is 3. The molecule has 0 bridgehead atoms. The van der Waals surface area contributed by atoms with E-state index in [0.717, 1.165) is 5.56 Å². The molecule has 2 amide bonds. The molecule has 1 aromatic heterocycles. The fraction of sp³-hybridized carbons (Fsp3) is 0.263. The van der Waals surface area contributed by atoms with Crippen LogP contribution < -0.4 is 5.32 Å². The Morgan fingerprint density at radius 2 is 2.07 bits per heavy atom. The third kappa shape index (κ3) is 6.60. The fourth-order valence-electron chi connectivity index (χ4n) is 2.14. The SMILES string of the molecule is CN(CCOC(=O)Cc1ccc(C#N)cn1)C(=O)NCc1ccccc1Cl. The molecule has 2 aromatic rings. The first-order valence-electron chi connectivity index (χ1n) is 8.22. The zero-order valence-corrected chi connectivity index (χ0v) is 15.6. The van der Waals surface area contributed by atoms with Crippen LogP contribution in [0.15, 0.2) is 42.6 Å². The standard InChI is InChI=1S/C19H19ClN4O3/c1-24(19(26)23-13-15-4-2-3-5-17(15)20)8-9-27-18(25)10-16-7-6-14(11-21)12-22-16/h2-7,12H,8-10,13H2,1H3,(H,23,26). The van der Waals surface area contributed by atoms with Gasteiger partial charge >= 0.3 is 12.0 Å². The molecule has 0 aliphatic heterocycles.